The minimum absolute atomic E-state index is 0.111. The van der Waals surface area contributed by atoms with Crippen LogP contribution in [0, 0.1) is 11.8 Å². The van der Waals surface area contributed by atoms with Gasteiger partial charge in [0.15, 0.2) is 0 Å². The van der Waals surface area contributed by atoms with Crippen LogP contribution in [0.5, 0.6) is 0 Å². The Morgan fingerprint density at radius 1 is 0.630 bits per heavy atom. The molecule has 0 aromatic rings. The van der Waals surface area contributed by atoms with Gasteiger partial charge in [-0.05, 0) is 44.9 Å². The maximum absolute atomic E-state index is 10.4. The summed E-state index contributed by atoms with van der Waals surface area (Å²) in [6, 6.07) is 0. The van der Waals surface area contributed by atoms with Crippen LogP contribution >= 0.6 is 0 Å². The number of hydrogen-bond acceptors (Lipinski definition) is 4. The number of hydrogen-bond donors (Lipinski definition) is 4. The molecule has 0 rings (SSSR count). The first kappa shape index (κ1) is 30.6. The number of rotatable bonds is 14. The molecule has 0 heterocycles. The molecule has 2 atom stereocenters. The predicted molar refractivity (Wildman–Crippen MR) is 110 cm³/mol. The Morgan fingerprint density at radius 2 is 0.963 bits per heavy atom. The Hall–Kier alpha value is -1.14. The van der Waals surface area contributed by atoms with Gasteiger partial charge in [0.2, 0.25) is 0 Å². The van der Waals surface area contributed by atoms with Crippen LogP contribution in [0.4, 0.5) is 0 Å². The number of unbranched alkanes of at least 4 members (excludes halogenated alkanes) is 4. The highest BCUT2D eigenvalue weighted by Crippen LogP contribution is 2.12. The van der Waals surface area contributed by atoms with Crippen molar-refractivity contribution in [1.82, 2.24) is 0 Å². The second-order valence-corrected chi connectivity index (χ2v) is 6.68. The lowest BCUT2D eigenvalue weighted by Gasteiger charge is -2.06. The van der Waals surface area contributed by atoms with Crippen LogP contribution in [-0.2, 0) is 9.59 Å². The SMILES string of the molecule is CCCCC(CC)C(=O)O.CCCCC(CC)C(=O)O.OCCCCCO. The van der Waals surface area contributed by atoms with E-state index in [0.29, 0.717) is 0 Å². The Morgan fingerprint density at radius 3 is 1.15 bits per heavy atom. The third kappa shape index (κ3) is 24.9. The van der Waals surface area contributed by atoms with E-state index in [1.807, 2.05) is 13.8 Å². The first-order valence-corrected chi connectivity index (χ1v) is 10.5. The average molecular weight is 393 g/mol. The molecule has 0 aliphatic heterocycles. The molecule has 0 aromatic carbocycles. The number of carboxylic acids is 2. The quantitative estimate of drug-likeness (QED) is 0.318. The summed E-state index contributed by atoms with van der Waals surface area (Å²) in [4.78, 5) is 20.9. The molecule has 0 aliphatic rings. The van der Waals surface area contributed by atoms with Crippen LogP contribution in [0.1, 0.15) is 98.3 Å². The molecule has 0 saturated carbocycles. The summed E-state index contributed by atoms with van der Waals surface area (Å²) in [6.07, 6.45) is 10.0. The fourth-order valence-electron chi connectivity index (χ4n) is 2.31. The maximum Gasteiger partial charge on any atom is 0.306 e. The molecule has 4 N–H and O–H groups in total. The van der Waals surface area contributed by atoms with Gasteiger partial charge in [0.1, 0.15) is 0 Å². The second-order valence-electron chi connectivity index (χ2n) is 6.68. The zero-order chi connectivity index (χ0) is 21.5. The van der Waals surface area contributed by atoms with E-state index < -0.39 is 11.9 Å². The molecule has 2 unspecified atom stereocenters. The highest BCUT2D eigenvalue weighted by Gasteiger charge is 2.13. The van der Waals surface area contributed by atoms with Crippen molar-refractivity contribution >= 4 is 11.9 Å². The van der Waals surface area contributed by atoms with Crippen molar-refractivity contribution in [3.63, 3.8) is 0 Å². The molecule has 0 spiro atoms. The van der Waals surface area contributed by atoms with Gasteiger partial charge in [0, 0.05) is 13.2 Å². The van der Waals surface area contributed by atoms with Crippen molar-refractivity contribution < 1.29 is 30.0 Å². The van der Waals surface area contributed by atoms with Crippen LogP contribution in [0.25, 0.3) is 0 Å². The molecule has 0 aliphatic carbocycles. The van der Waals surface area contributed by atoms with E-state index in [0.717, 1.165) is 70.6 Å². The molecule has 0 aromatic heterocycles. The summed E-state index contributed by atoms with van der Waals surface area (Å²) >= 11 is 0. The topological polar surface area (TPSA) is 115 Å². The fourth-order valence-corrected chi connectivity index (χ4v) is 2.31. The Labute approximate surface area is 166 Å². The first-order chi connectivity index (χ1) is 12.9. The van der Waals surface area contributed by atoms with E-state index in [2.05, 4.69) is 13.8 Å². The highest BCUT2D eigenvalue weighted by molar-refractivity contribution is 5.70. The van der Waals surface area contributed by atoms with Crippen LogP contribution in [0.3, 0.4) is 0 Å². The lowest BCUT2D eigenvalue weighted by atomic mass is 10.00. The molecule has 6 heteroatoms. The Kier molecular flexibility index (Phi) is 28.2. The molecule has 0 radical (unpaired) electrons. The van der Waals surface area contributed by atoms with Gasteiger partial charge < -0.3 is 20.4 Å². The highest BCUT2D eigenvalue weighted by atomic mass is 16.4. The van der Waals surface area contributed by atoms with Crippen LogP contribution in [-0.4, -0.2) is 45.6 Å². The van der Waals surface area contributed by atoms with Gasteiger partial charge in [-0.2, -0.15) is 0 Å². The first-order valence-electron chi connectivity index (χ1n) is 10.5. The summed E-state index contributed by atoms with van der Waals surface area (Å²) in [5.74, 6) is -1.51. The molecule has 0 saturated heterocycles. The monoisotopic (exact) mass is 392 g/mol. The minimum atomic E-state index is -0.643. The standard InChI is InChI=1S/2C8H16O2.C5H12O2/c2*1-3-5-6-7(4-2)8(9)10;6-4-2-1-3-5-7/h2*7H,3-6H2,1-2H3,(H,9,10);6-7H,1-5H2. The molecule has 164 valence electrons. The third-order valence-corrected chi connectivity index (χ3v) is 4.31. The smallest absolute Gasteiger partial charge is 0.306 e. The van der Waals surface area contributed by atoms with Crippen molar-refractivity contribution in [3.05, 3.63) is 0 Å². The van der Waals surface area contributed by atoms with E-state index in [4.69, 9.17) is 20.4 Å². The van der Waals surface area contributed by atoms with Crippen LogP contribution in [0.15, 0.2) is 0 Å². The molecule has 0 fully saturated rings. The van der Waals surface area contributed by atoms with Gasteiger partial charge in [-0.3, -0.25) is 9.59 Å². The molecule has 0 amide bonds. The molecule has 0 bridgehead atoms. The number of aliphatic hydroxyl groups is 2. The Balaban J connectivity index is -0.000000326. The number of carbonyl (C=O) groups is 2. The Bertz CT molecular complexity index is 290. The molecular formula is C21H44O6. The van der Waals surface area contributed by atoms with Gasteiger partial charge >= 0.3 is 11.9 Å². The number of aliphatic carboxylic acids is 2. The normalized spacial score (nSPS) is 12.1. The van der Waals surface area contributed by atoms with Gasteiger partial charge in [-0.15, -0.1) is 0 Å². The zero-order valence-electron chi connectivity index (χ0n) is 18.0. The second kappa shape index (κ2) is 24.9. The van der Waals surface area contributed by atoms with E-state index >= 15 is 0 Å². The van der Waals surface area contributed by atoms with Gasteiger partial charge in [-0.25, -0.2) is 0 Å². The van der Waals surface area contributed by atoms with E-state index in [9.17, 15) is 9.59 Å². The van der Waals surface area contributed by atoms with E-state index in [1.165, 1.54) is 0 Å². The summed E-state index contributed by atoms with van der Waals surface area (Å²) in [5, 5.41) is 33.6. The third-order valence-electron chi connectivity index (χ3n) is 4.31. The summed E-state index contributed by atoms with van der Waals surface area (Å²) in [7, 11) is 0. The lowest BCUT2D eigenvalue weighted by Crippen LogP contribution is -2.11. The largest absolute Gasteiger partial charge is 0.481 e. The fraction of sp³-hybridized carbons (Fsp3) is 0.905. The van der Waals surface area contributed by atoms with Crippen LogP contribution < -0.4 is 0 Å². The van der Waals surface area contributed by atoms with E-state index in [1.54, 1.807) is 0 Å². The van der Waals surface area contributed by atoms with Crippen LogP contribution in [0.2, 0.25) is 0 Å². The van der Waals surface area contributed by atoms with Gasteiger partial charge in [-0.1, -0.05) is 53.4 Å². The average Bonchev–Trinajstić information content (AvgIpc) is 2.64. The predicted octanol–water partition coefficient (Wildman–Crippen LogP) is 4.72. The molecule has 6 nitrogen and oxygen atoms in total. The maximum atomic E-state index is 10.4. The van der Waals surface area contributed by atoms with Crippen molar-refractivity contribution in [2.24, 2.45) is 11.8 Å². The summed E-state index contributed by atoms with van der Waals surface area (Å²) < 4.78 is 0. The van der Waals surface area contributed by atoms with E-state index in [-0.39, 0.29) is 25.0 Å². The lowest BCUT2D eigenvalue weighted by molar-refractivity contribution is -0.143. The van der Waals surface area contributed by atoms with Gasteiger partial charge in [0.05, 0.1) is 11.8 Å². The molecule has 27 heavy (non-hydrogen) atoms. The van der Waals surface area contributed by atoms with Crippen molar-refractivity contribution in [2.45, 2.75) is 98.3 Å². The minimum Gasteiger partial charge on any atom is -0.481 e. The summed E-state index contributed by atoms with van der Waals surface area (Å²) in [5.41, 5.74) is 0. The zero-order valence-corrected chi connectivity index (χ0v) is 18.0. The van der Waals surface area contributed by atoms with Crippen molar-refractivity contribution in [1.29, 1.82) is 0 Å². The molecular weight excluding hydrogens is 348 g/mol. The van der Waals surface area contributed by atoms with Gasteiger partial charge in [0.25, 0.3) is 0 Å². The number of carboxylic acid groups (broad SMARTS) is 2. The summed E-state index contributed by atoms with van der Waals surface area (Å²) in [6.45, 7) is 8.51. The number of aliphatic hydroxyl groups excluding tert-OH is 2. The van der Waals surface area contributed by atoms with Crippen molar-refractivity contribution in [3.8, 4) is 0 Å². The van der Waals surface area contributed by atoms with Crippen molar-refractivity contribution in [2.75, 3.05) is 13.2 Å².